The van der Waals surface area contributed by atoms with E-state index in [1.165, 1.54) is 12.1 Å². The fourth-order valence-corrected chi connectivity index (χ4v) is 6.87. The second kappa shape index (κ2) is 14.2. The summed E-state index contributed by atoms with van der Waals surface area (Å²) < 4.78 is 81.8. The number of nitrogens with zero attached hydrogens (tertiary/aromatic N) is 2. The lowest BCUT2D eigenvalue weighted by Gasteiger charge is -2.36. The first kappa shape index (κ1) is 35.8. The molecule has 0 bridgehead atoms. The molecule has 0 radical (unpaired) electrons. The van der Waals surface area contributed by atoms with Gasteiger partial charge in [-0.05, 0) is 90.9 Å². The van der Waals surface area contributed by atoms with Gasteiger partial charge < -0.3 is 15.3 Å². The Morgan fingerprint density at radius 2 is 1.63 bits per heavy atom. The number of hydrogen-bond acceptors (Lipinski definition) is 6. The highest BCUT2D eigenvalue weighted by Gasteiger charge is 2.55. The third-order valence-corrected chi connectivity index (χ3v) is 9.04. The number of phenolic OH excluding ortho intramolecular Hbond substituents is 1. The number of aromatic nitrogens is 1. The molecule has 1 fully saturated rings. The lowest BCUT2D eigenvalue weighted by molar-refractivity contribution is -0.143. The van der Waals surface area contributed by atoms with Gasteiger partial charge in [-0.2, -0.15) is 26.3 Å². The molecule has 3 aromatic rings. The minimum absolute atomic E-state index is 0.0516. The average Bonchev–Trinajstić information content (AvgIpc) is 3.31. The zero-order chi connectivity index (χ0) is 35.7. The van der Waals surface area contributed by atoms with Crippen LogP contribution in [0.15, 0.2) is 78.0 Å². The Balaban J connectivity index is 1.48. The summed E-state index contributed by atoms with van der Waals surface area (Å²) in [6, 6.07) is 12.4. The monoisotopic (exact) mass is 688 g/mol. The third kappa shape index (κ3) is 7.57. The topological polar surface area (TPSA) is 111 Å². The van der Waals surface area contributed by atoms with Gasteiger partial charge in [-0.15, -0.1) is 0 Å². The Morgan fingerprint density at radius 3 is 2.18 bits per heavy atom. The number of aliphatic hydroxyl groups excluding tert-OH is 2. The van der Waals surface area contributed by atoms with Gasteiger partial charge in [-0.1, -0.05) is 37.1 Å². The number of carbonyl (C=O) groups excluding carboxylic acids is 2. The standard InChI is InChI=1S/C36H34F6N2O5/c1-2-5-22-15-27-32(34(49)44(33(27)48)25-17-23(35(37,38)39)16-24(18-25)36(40,41)42)28(19-45)31(22)30(47)12-9-21(29-6-3-4-13-43-29)14-20-7-10-26(46)11-8-20/h3-4,6-8,10-11,13-14,16-18,27-28,30,32,45-47H,2,5,9,12,15,19H2,1H3/b21-14-/t27-,28+,30-,32-/m1/s1. The summed E-state index contributed by atoms with van der Waals surface area (Å²) in [6.45, 7) is 1.16. The Labute approximate surface area is 278 Å². The molecule has 49 heavy (non-hydrogen) atoms. The normalized spacial score (nSPS) is 21.0. The van der Waals surface area contributed by atoms with Crippen molar-refractivity contribution >= 4 is 29.2 Å². The van der Waals surface area contributed by atoms with Crippen molar-refractivity contribution < 1.29 is 51.3 Å². The van der Waals surface area contributed by atoms with Gasteiger partial charge in [0.15, 0.2) is 0 Å². The van der Waals surface area contributed by atoms with Crippen LogP contribution in [0.5, 0.6) is 5.75 Å². The number of imide groups is 1. The Morgan fingerprint density at radius 1 is 0.980 bits per heavy atom. The lowest BCUT2D eigenvalue weighted by atomic mass is 9.67. The van der Waals surface area contributed by atoms with Crippen molar-refractivity contribution in [2.45, 2.75) is 57.5 Å². The van der Waals surface area contributed by atoms with Crippen LogP contribution in [0.25, 0.3) is 11.6 Å². The number of hydrogen-bond donors (Lipinski definition) is 3. The third-order valence-electron chi connectivity index (χ3n) is 9.04. The number of allylic oxidation sites excluding steroid dienone is 2. The largest absolute Gasteiger partial charge is 0.508 e. The van der Waals surface area contributed by atoms with Gasteiger partial charge in [0.25, 0.3) is 0 Å². The number of aromatic hydroxyl groups is 1. The number of fused-ring (bicyclic) bond motifs is 1. The molecule has 3 N–H and O–H groups in total. The molecule has 13 heteroatoms. The van der Waals surface area contributed by atoms with Crippen LogP contribution in [0.4, 0.5) is 32.0 Å². The van der Waals surface area contributed by atoms with E-state index < -0.39 is 71.4 Å². The molecule has 5 rings (SSSR count). The van der Waals surface area contributed by atoms with Crippen LogP contribution in [0.2, 0.25) is 0 Å². The highest BCUT2D eigenvalue weighted by molar-refractivity contribution is 6.22. The van der Waals surface area contributed by atoms with E-state index >= 15 is 0 Å². The lowest BCUT2D eigenvalue weighted by Crippen LogP contribution is -2.39. The van der Waals surface area contributed by atoms with Crippen molar-refractivity contribution in [2.24, 2.45) is 17.8 Å². The first-order valence-corrected chi connectivity index (χ1v) is 15.7. The highest BCUT2D eigenvalue weighted by Crippen LogP contribution is 2.49. The van der Waals surface area contributed by atoms with Gasteiger partial charge >= 0.3 is 12.4 Å². The van der Waals surface area contributed by atoms with Crippen LogP contribution in [0.1, 0.15) is 61.4 Å². The summed E-state index contributed by atoms with van der Waals surface area (Å²) in [7, 11) is 0. The number of rotatable bonds is 10. The number of aliphatic hydroxyl groups is 2. The van der Waals surface area contributed by atoms with Crippen molar-refractivity contribution in [1.82, 2.24) is 4.98 Å². The number of anilines is 1. The maximum Gasteiger partial charge on any atom is 0.416 e. The Bertz CT molecular complexity index is 1720. The molecule has 2 aliphatic rings. The Hall–Kier alpha value is -4.49. The predicted molar refractivity (Wildman–Crippen MR) is 169 cm³/mol. The second-order valence-corrected chi connectivity index (χ2v) is 12.2. The molecule has 260 valence electrons. The zero-order valence-corrected chi connectivity index (χ0v) is 26.3. The van der Waals surface area contributed by atoms with Crippen molar-refractivity contribution in [3.63, 3.8) is 0 Å². The number of amides is 2. The SMILES string of the molecule is CCCC1=C([C@H](O)CC/C(=C/c2ccc(O)cc2)c2ccccn2)[C@H](CO)[C@@H]2C(=O)N(c3cc(C(F)(F)F)cc(C(F)(F)F)c3)C(=O)[C@@H]2C1. The van der Waals surface area contributed by atoms with E-state index in [2.05, 4.69) is 4.98 Å². The molecule has 1 aliphatic carbocycles. The quantitative estimate of drug-likeness (QED) is 0.116. The molecule has 1 aliphatic heterocycles. The molecule has 7 nitrogen and oxygen atoms in total. The van der Waals surface area contributed by atoms with Crippen LogP contribution < -0.4 is 4.90 Å². The molecule has 1 saturated heterocycles. The molecular formula is C36H34F6N2O5. The number of halogens is 6. The van der Waals surface area contributed by atoms with Gasteiger partial charge in [0, 0.05) is 12.1 Å². The predicted octanol–water partition coefficient (Wildman–Crippen LogP) is 7.42. The van der Waals surface area contributed by atoms with Crippen LogP contribution in [0.3, 0.4) is 0 Å². The molecule has 2 heterocycles. The summed E-state index contributed by atoms with van der Waals surface area (Å²) in [5.41, 5.74) is -1.13. The maximum absolute atomic E-state index is 13.8. The summed E-state index contributed by atoms with van der Waals surface area (Å²) in [6.07, 6.45) is -6.88. The van der Waals surface area contributed by atoms with Gasteiger partial charge in [-0.25, -0.2) is 4.90 Å². The van der Waals surface area contributed by atoms with E-state index in [1.807, 2.05) is 13.0 Å². The van der Waals surface area contributed by atoms with Crippen molar-refractivity contribution in [3.05, 3.63) is 100 Å². The molecular weight excluding hydrogens is 654 g/mol. The van der Waals surface area contributed by atoms with E-state index in [0.717, 1.165) is 11.1 Å². The molecule has 0 saturated carbocycles. The first-order chi connectivity index (χ1) is 23.1. The molecule has 0 spiro atoms. The average molecular weight is 689 g/mol. The highest BCUT2D eigenvalue weighted by atomic mass is 19.4. The minimum Gasteiger partial charge on any atom is -0.508 e. The molecule has 2 amide bonds. The van der Waals surface area contributed by atoms with Crippen molar-refractivity contribution in [1.29, 1.82) is 0 Å². The fourth-order valence-electron chi connectivity index (χ4n) is 6.87. The van der Waals surface area contributed by atoms with Gasteiger partial charge in [0.2, 0.25) is 11.8 Å². The van der Waals surface area contributed by atoms with Crippen LogP contribution in [-0.2, 0) is 21.9 Å². The maximum atomic E-state index is 13.8. The number of benzene rings is 2. The number of alkyl halides is 6. The van der Waals surface area contributed by atoms with E-state index in [0.29, 0.717) is 46.7 Å². The molecule has 4 atom stereocenters. The second-order valence-electron chi connectivity index (χ2n) is 12.2. The molecule has 1 aromatic heterocycles. The summed E-state index contributed by atoms with van der Waals surface area (Å²) in [5.74, 6) is -5.48. The van der Waals surface area contributed by atoms with Crippen LogP contribution in [0, 0.1) is 17.8 Å². The number of carbonyl (C=O) groups is 2. The van der Waals surface area contributed by atoms with E-state index in [-0.39, 0.29) is 31.1 Å². The molecule has 2 aromatic carbocycles. The smallest absolute Gasteiger partial charge is 0.416 e. The minimum atomic E-state index is -5.19. The van der Waals surface area contributed by atoms with Crippen molar-refractivity contribution in [2.75, 3.05) is 11.5 Å². The summed E-state index contributed by atoms with van der Waals surface area (Å²) in [5, 5.41) is 32.0. The summed E-state index contributed by atoms with van der Waals surface area (Å²) >= 11 is 0. The van der Waals surface area contributed by atoms with Gasteiger partial charge in [0.1, 0.15) is 5.75 Å². The van der Waals surface area contributed by atoms with E-state index in [4.69, 9.17) is 0 Å². The fraction of sp³-hybridized carbons (Fsp3) is 0.361. The first-order valence-electron chi connectivity index (χ1n) is 15.7. The number of phenols is 1. The van der Waals surface area contributed by atoms with Crippen LogP contribution >= 0.6 is 0 Å². The number of pyridine rings is 1. The summed E-state index contributed by atoms with van der Waals surface area (Å²) in [4.78, 5) is 32.3. The zero-order valence-electron chi connectivity index (χ0n) is 26.3. The van der Waals surface area contributed by atoms with Crippen molar-refractivity contribution in [3.8, 4) is 5.75 Å². The van der Waals surface area contributed by atoms with Crippen LogP contribution in [-0.4, -0.2) is 44.8 Å². The van der Waals surface area contributed by atoms with E-state index in [1.54, 1.807) is 36.5 Å². The molecule has 0 unspecified atom stereocenters. The van der Waals surface area contributed by atoms with E-state index in [9.17, 15) is 51.3 Å². The van der Waals surface area contributed by atoms with Gasteiger partial charge in [-0.3, -0.25) is 14.6 Å². The van der Waals surface area contributed by atoms with Gasteiger partial charge in [0.05, 0.1) is 47.1 Å². The Kier molecular flexibility index (Phi) is 10.3.